The van der Waals surface area contributed by atoms with Crippen LogP contribution in [0.25, 0.3) is 11.1 Å². The summed E-state index contributed by atoms with van der Waals surface area (Å²) in [6, 6.07) is 17.6. The van der Waals surface area contributed by atoms with Gasteiger partial charge in [-0.2, -0.15) is 0 Å². The van der Waals surface area contributed by atoms with Crippen LogP contribution in [-0.4, -0.2) is 6.61 Å². The fraction of sp³-hybridized carbons (Fsp3) is 0.481. The lowest BCUT2D eigenvalue weighted by molar-refractivity contribution is 0.306. The van der Waals surface area contributed by atoms with Crippen LogP contribution in [0, 0.1) is 5.92 Å². The molecule has 0 aliphatic heterocycles. The van der Waals surface area contributed by atoms with Gasteiger partial charge in [0.05, 0.1) is 12.9 Å². The Kier molecular flexibility index (Phi) is 8.80. The highest BCUT2D eigenvalue weighted by Gasteiger charge is 2.21. The second-order valence-corrected chi connectivity index (χ2v) is 8.36. The van der Waals surface area contributed by atoms with E-state index in [2.05, 4.69) is 55.5 Å². The van der Waals surface area contributed by atoms with Gasteiger partial charge in [-0.05, 0) is 85.6 Å². The first-order valence-electron chi connectivity index (χ1n) is 11.4. The summed E-state index contributed by atoms with van der Waals surface area (Å²) < 4.78 is 17.9. The van der Waals surface area contributed by atoms with Crippen molar-refractivity contribution >= 4 is 0 Å². The molecule has 0 heterocycles. The molecule has 1 aliphatic rings. The van der Waals surface area contributed by atoms with Crippen molar-refractivity contribution in [2.45, 2.75) is 70.6 Å². The van der Waals surface area contributed by atoms with Crippen molar-refractivity contribution in [2.24, 2.45) is 5.92 Å². The fourth-order valence-corrected chi connectivity index (χ4v) is 4.41. The summed E-state index contributed by atoms with van der Waals surface area (Å²) in [5, 5.41) is 0. The maximum Gasteiger partial charge on any atom is 0.119 e. The summed E-state index contributed by atoms with van der Waals surface area (Å²) in [6.45, 7) is 3.01. The Morgan fingerprint density at radius 3 is 2.17 bits per heavy atom. The zero-order valence-electron chi connectivity index (χ0n) is 17.8. The van der Waals surface area contributed by atoms with Gasteiger partial charge in [-0.3, -0.25) is 0 Å². The van der Waals surface area contributed by atoms with E-state index in [-0.39, 0.29) is 0 Å². The Bertz CT molecular complexity index is 724. The molecule has 0 atom stereocenters. The minimum Gasteiger partial charge on any atom is -0.494 e. The van der Waals surface area contributed by atoms with Gasteiger partial charge in [0.1, 0.15) is 5.75 Å². The van der Waals surface area contributed by atoms with E-state index in [1.165, 1.54) is 55.2 Å². The molecular weight excluding hydrogens is 359 g/mol. The van der Waals surface area contributed by atoms with Crippen molar-refractivity contribution in [3.05, 3.63) is 66.5 Å². The third-order valence-electron chi connectivity index (χ3n) is 6.26. The Balaban J connectivity index is 1.50. The highest BCUT2D eigenvalue weighted by Crippen LogP contribution is 2.38. The van der Waals surface area contributed by atoms with Gasteiger partial charge >= 0.3 is 0 Å². The Labute approximate surface area is 176 Å². The third kappa shape index (κ3) is 6.73. The second kappa shape index (κ2) is 11.8. The molecule has 29 heavy (non-hydrogen) atoms. The number of rotatable bonds is 10. The number of hydrogen-bond donors (Lipinski definition) is 0. The first-order chi connectivity index (χ1) is 14.3. The van der Waals surface area contributed by atoms with Gasteiger partial charge in [0.25, 0.3) is 0 Å². The topological polar surface area (TPSA) is 9.23 Å². The van der Waals surface area contributed by atoms with E-state index >= 15 is 0 Å². The standard InChI is InChI=1S/C27H35FO/c1-2-3-6-21-29-27-18-16-26(17-19-27)25-14-12-24(13-15-25)23-10-8-22(9-11-23)7-4-5-20-28/h5,12-20,22-23H,2-4,6-11,21H2,1H3/t22-,23-. The number of ether oxygens (including phenoxy) is 1. The minimum absolute atomic E-state index is 0.677. The van der Waals surface area contributed by atoms with Gasteiger partial charge in [-0.25, -0.2) is 4.39 Å². The molecule has 156 valence electrons. The van der Waals surface area contributed by atoms with Crippen LogP contribution in [0.3, 0.4) is 0 Å². The molecule has 3 rings (SSSR count). The van der Waals surface area contributed by atoms with Gasteiger partial charge in [0, 0.05) is 0 Å². The Morgan fingerprint density at radius 2 is 1.55 bits per heavy atom. The van der Waals surface area contributed by atoms with E-state index < -0.39 is 0 Å². The van der Waals surface area contributed by atoms with Crippen molar-refractivity contribution < 1.29 is 9.13 Å². The van der Waals surface area contributed by atoms with E-state index in [4.69, 9.17) is 4.74 Å². The van der Waals surface area contributed by atoms with E-state index in [9.17, 15) is 4.39 Å². The molecule has 1 fully saturated rings. The summed E-state index contributed by atoms with van der Waals surface area (Å²) in [4.78, 5) is 0. The third-order valence-corrected chi connectivity index (χ3v) is 6.26. The largest absolute Gasteiger partial charge is 0.494 e. The lowest BCUT2D eigenvalue weighted by atomic mass is 9.77. The van der Waals surface area contributed by atoms with Crippen LogP contribution in [0.15, 0.2) is 60.9 Å². The van der Waals surface area contributed by atoms with Crippen molar-refractivity contribution in [3.8, 4) is 16.9 Å². The molecule has 2 aromatic carbocycles. The summed E-state index contributed by atoms with van der Waals surface area (Å²) in [5.41, 5.74) is 3.96. The molecule has 0 N–H and O–H groups in total. The van der Waals surface area contributed by atoms with E-state index in [0.717, 1.165) is 37.5 Å². The second-order valence-electron chi connectivity index (χ2n) is 8.36. The van der Waals surface area contributed by atoms with Crippen LogP contribution in [0.5, 0.6) is 5.75 Å². The predicted octanol–water partition coefficient (Wildman–Crippen LogP) is 8.46. The molecule has 1 aliphatic carbocycles. The highest BCUT2D eigenvalue weighted by atomic mass is 19.1. The molecular formula is C27H35FO. The Hall–Kier alpha value is -2.09. The predicted molar refractivity (Wildman–Crippen MR) is 121 cm³/mol. The average molecular weight is 395 g/mol. The van der Waals surface area contributed by atoms with Crippen LogP contribution in [0.2, 0.25) is 0 Å². The first-order valence-corrected chi connectivity index (χ1v) is 11.4. The smallest absolute Gasteiger partial charge is 0.119 e. The monoisotopic (exact) mass is 394 g/mol. The summed E-state index contributed by atoms with van der Waals surface area (Å²) in [5.74, 6) is 2.40. The maximum atomic E-state index is 12.1. The molecule has 0 bridgehead atoms. The average Bonchev–Trinajstić information content (AvgIpc) is 2.78. The van der Waals surface area contributed by atoms with Crippen LogP contribution in [0.1, 0.15) is 76.2 Å². The molecule has 2 aromatic rings. The summed E-state index contributed by atoms with van der Waals surface area (Å²) in [6.07, 6.45) is 13.0. The van der Waals surface area contributed by atoms with Gasteiger partial charge < -0.3 is 4.74 Å². The van der Waals surface area contributed by atoms with E-state index in [1.54, 1.807) is 6.08 Å². The van der Waals surface area contributed by atoms with E-state index in [0.29, 0.717) is 12.2 Å². The lowest BCUT2D eigenvalue weighted by Crippen LogP contribution is -2.13. The summed E-state index contributed by atoms with van der Waals surface area (Å²) in [7, 11) is 0. The zero-order valence-corrected chi connectivity index (χ0v) is 17.8. The van der Waals surface area contributed by atoms with Gasteiger partial charge in [0.15, 0.2) is 0 Å². The van der Waals surface area contributed by atoms with Crippen molar-refractivity contribution in [1.29, 1.82) is 0 Å². The molecule has 1 nitrogen and oxygen atoms in total. The maximum absolute atomic E-state index is 12.1. The molecule has 0 radical (unpaired) electrons. The SMILES string of the molecule is CCCCCOc1ccc(-c2ccc([C@H]3CC[C@H](CCC=CF)CC3)cc2)cc1. The normalized spacial score (nSPS) is 19.5. The van der Waals surface area contributed by atoms with Crippen LogP contribution in [0.4, 0.5) is 4.39 Å². The van der Waals surface area contributed by atoms with Gasteiger partial charge in [-0.1, -0.05) is 62.2 Å². The zero-order chi connectivity index (χ0) is 20.3. The molecule has 0 aromatic heterocycles. The van der Waals surface area contributed by atoms with Gasteiger partial charge in [0.2, 0.25) is 0 Å². The van der Waals surface area contributed by atoms with Crippen molar-refractivity contribution in [2.75, 3.05) is 6.61 Å². The number of hydrogen-bond acceptors (Lipinski definition) is 1. The molecule has 0 saturated heterocycles. The lowest BCUT2D eigenvalue weighted by Gasteiger charge is -2.28. The molecule has 1 saturated carbocycles. The molecule has 2 heteroatoms. The number of benzene rings is 2. The fourth-order valence-electron chi connectivity index (χ4n) is 4.41. The quantitative estimate of drug-likeness (QED) is 0.367. The molecule has 0 unspecified atom stereocenters. The molecule has 0 spiro atoms. The van der Waals surface area contributed by atoms with Crippen LogP contribution < -0.4 is 4.74 Å². The number of halogens is 1. The van der Waals surface area contributed by atoms with Crippen LogP contribution in [-0.2, 0) is 0 Å². The van der Waals surface area contributed by atoms with Crippen molar-refractivity contribution in [1.82, 2.24) is 0 Å². The molecule has 0 amide bonds. The van der Waals surface area contributed by atoms with Gasteiger partial charge in [-0.15, -0.1) is 0 Å². The minimum atomic E-state index is 0.677. The van der Waals surface area contributed by atoms with Crippen molar-refractivity contribution in [3.63, 3.8) is 0 Å². The Morgan fingerprint density at radius 1 is 0.897 bits per heavy atom. The number of unbranched alkanes of at least 4 members (excludes halogenated alkanes) is 2. The number of allylic oxidation sites excluding steroid dienone is 1. The van der Waals surface area contributed by atoms with E-state index in [1.807, 2.05) is 0 Å². The first kappa shape index (κ1) is 21.6. The highest BCUT2D eigenvalue weighted by molar-refractivity contribution is 5.64. The summed E-state index contributed by atoms with van der Waals surface area (Å²) >= 11 is 0. The van der Waals surface area contributed by atoms with Crippen LogP contribution >= 0.6 is 0 Å².